The van der Waals surface area contributed by atoms with Crippen LogP contribution in [0.2, 0.25) is 0 Å². The van der Waals surface area contributed by atoms with E-state index in [1.165, 1.54) is 66.1 Å². The van der Waals surface area contributed by atoms with Crippen LogP contribution in [0.1, 0.15) is 27.8 Å². The Balaban J connectivity index is 1.27. The molecular formula is C52H38N4. The Morgan fingerprint density at radius 1 is 0.411 bits per heavy atom. The summed E-state index contributed by atoms with van der Waals surface area (Å²) in [7, 11) is 0. The molecule has 0 spiro atoms. The molecule has 0 aliphatic carbocycles. The Morgan fingerprint density at radius 2 is 0.821 bits per heavy atom. The van der Waals surface area contributed by atoms with Gasteiger partial charge in [0.05, 0.1) is 57.5 Å². The highest BCUT2D eigenvalue weighted by Crippen LogP contribution is 2.43. The molecule has 4 nitrogen and oxygen atoms in total. The molecule has 0 saturated heterocycles. The Morgan fingerprint density at radius 3 is 1.27 bits per heavy atom. The van der Waals surface area contributed by atoms with E-state index in [0.717, 1.165) is 44.6 Å². The molecular weight excluding hydrogens is 681 g/mol. The predicted octanol–water partition coefficient (Wildman–Crippen LogP) is 13.4. The van der Waals surface area contributed by atoms with Crippen molar-refractivity contribution in [2.75, 3.05) is 0 Å². The average Bonchev–Trinajstić information content (AvgIpc) is 3.72. The number of aromatic nitrogens is 3. The van der Waals surface area contributed by atoms with Gasteiger partial charge in [0.2, 0.25) is 0 Å². The number of para-hydroxylation sites is 2. The summed E-state index contributed by atoms with van der Waals surface area (Å²) >= 11 is 0. The van der Waals surface area contributed by atoms with Crippen molar-refractivity contribution in [3.8, 4) is 50.8 Å². The van der Waals surface area contributed by atoms with Crippen molar-refractivity contribution in [1.82, 2.24) is 14.1 Å². The van der Waals surface area contributed by atoms with Gasteiger partial charge in [-0.25, -0.2) is 0 Å². The molecule has 266 valence electrons. The minimum atomic E-state index is 0.623. The maximum atomic E-state index is 9.78. The standard InChI is InChI=1S/C52H38N4/c1-32-21-33(2)24-40(23-32)38-17-19-48-44(27-38)42-9-5-7-11-46(42)55(48)50-30-54-31-51(52(50)37-15-13-36(29-53)14-16-37)56-47-12-8-6-10-43(47)45-28-39(18-20-49(45)56)41-25-34(3)22-35(4)26-41/h5-28,30-31H,1-4H3. The lowest BCUT2D eigenvalue weighted by molar-refractivity contribution is 1.09. The molecule has 0 N–H and O–H groups in total. The lowest BCUT2D eigenvalue weighted by atomic mass is 9.99. The summed E-state index contributed by atoms with van der Waals surface area (Å²) in [6, 6.07) is 54.8. The topological polar surface area (TPSA) is 46.5 Å². The number of hydrogen-bond donors (Lipinski definition) is 0. The second-order valence-corrected chi connectivity index (χ2v) is 15.2. The highest BCUT2D eigenvalue weighted by molar-refractivity contribution is 6.13. The Labute approximate surface area is 326 Å². The zero-order valence-corrected chi connectivity index (χ0v) is 31.8. The molecule has 10 rings (SSSR count). The molecule has 0 saturated carbocycles. The zero-order chi connectivity index (χ0) is 38.1. The molecule has 0 amide bonds. The number of benzene rings is 7. The molecule has 10 aromatic rings. The first kappa shape index (κ1) is 33.4. The number of nitrogens with zero attached hydrogens (tertiary/aromatic N) is 4. The van der Waals surface area contributed by atoms with Crippen LogP contribution in [0, 0.1) is 39.0 Å². The molecule has 0 bridgehead atoms. The second kappa shape index (κ2) is 13.0. The van der Waals surface area contributed by atoms with Crippen molar-refractivity contribution in [1.29, 1.82) is 5.26 Å². The van der Waals surface area contributed by atoms with Gasteiger partial charge >= 0.3 is 0 Å². The highest BCUT2D eigenvalue weighted by Gasteiger charge is 2.23. The number of fused-ring (bicyclic) bond motifs is 6. The van der Waals surface area contributed by atoms with Gasteiger partial charge in [0.15, 0.2) is 0 Å². The monoisotopic (exact) mass is 718 g/mol. The normalized spacial score (nSPS) is 11.6. The van der Waals surface area contributed by atoms with E-state index in [1.54, 1.807) is 0 Å². The van der Waals surface area contributed by atoms with Crippen LogP contribution >= 0.6 is 0 Å². The predicted molar refractivity (Wildman–Crippen MR) is 233 cm³/mol. The average molecular weight is 719 g/mol. The summed E-state index contributed by atoms with van der Waals surface area (Å²) in [6.45, 7) is 8.64. The van der Waals surface area contributed by atoms with Gasteiger partial charge in [-0.3, -0.25) is 4.98 Å². The van der Waals surface area contributed by atoms with Crippen LogP contribution in [0.25, 0.3) is 88.4 Å². The summed E-state index contributed by atoms with van der Waals surface area (Å²) in [4.78, 5) is 5.02. The molecule has 7 aromatic carbocycles. The smallest absolute Gasteiger partial charge is 0.0991 e. The first-order chi connectivity index (χ1) is 27.3. The van der Waals surface area contributed by atoms with Gasteiger partial charge < -0.3 is 9.13 Å². The quantitative estimate of drug-likeness (QED) is 0.178. The van der Waals surface area contributed by atoms with Crippen molar-refractivity contribution in [2.24, 2.45) is 0 Å². The van der Waals surface area contributed by atoms with Gasteiger partial charge in [-0.2, -0.15) is 5.26 Å². The van der Waals surface area contributed by atoms with Crippen LogP contribution in [0.4, 0.5) is 0 Å². The minimum Gasteiger partial charge on any atom is -0.307 e. The Bertz CT molecular complexity index is 3010. The maximum absolute atomic E-state index is 9.78. The van der Waals surface area contributed by atoms with Gasteiger partial charge in [-0.1, -0.05) is 119 Å². The first-order valence-electron chi connectivity index (χ1n) is 19.1. The van der Waals surface area contributed by atoms with E-state index in [2.05, 4.69) is 176 Å². The summed E-state index contributed by atoms with van der Waals surface area (Å²) in [5.41, 5.74) is 18.9. The number of aryl methyl sites for hydroxylation is 4. The van der Waals surface area contributed by atoms with Gasteiger partial charge in [-0.15, -0.1) is 0 Å². The fourth-order valence-electron chi connectivity index (χ4n) is 8.89. The lowest BCUT2D eigenvalue weighted by Crippen LogP contribution is -2.05. The Kier molecular flexibility index (Phi) is 7.73. The number of pyridine rings is 1. The van der Waals surface area contributed by atoms with E-state index in [0.29, 0.717) is 5.56 Å². The molecule has 4 heteroatoms. The fraction of sp³-hybridized carbons (Fsp3) is 0.0769. The molecule has 0 unspecified atom stereocenters. The zero-order valence-electron chi connectivity index (χ0n) is 31.8. The van der Waals surface area contributed by atoms with Crippen LogP contribution < -0.4 is 0 Å². The highest BCUT2D eigenvalue weighted by atomic mass is 15.0. The third-order valence-corrected chi connectivity index (χ3v) is 11.1. The van der Waals surface area contributed by atoms with Crippen LogP contribution in [-0.4, -0.2) is 14.1 Å². The summed E-state index contributed by atoms with van der Waals surface area (Å²) in [5, 5.41) is 14.5. The van der Waals surface area contributed by atoms with Gasteiger partial charge in [-0.05, 0) is 104 Å². The van der Waals surface area contributed by atoms with Gasteiger partial charge in [0.1, 0.15) is 0 Å². The lowest BCUT2D eigenvalue weighted by Gasteiger charge is -2.19. The largest absolute Gasteiger partial charge is 0.307 e. The third-order valence-electron chi connectivity index (χ3n) is 11.1. The van der Waals surface area contributed by atoms with E-state index in [1.807, 2.05) is 24.5 Å². The van der Waals surface area contributed by atoms with Gasteiger partial charge in [0, 0.05) is 27.1 Å². The van der Waals surface area contributed by atoms with E-state index in [4.69, 9.17) is 4.98 Å². The number of nitriles is 1. The molecule has 0 fully saturated rings. The van der Waals surface area contributed by atoms with Crippen LogP contribution in [-0.2, 0) is 0 Å². The Hall–Kier alpha value is -7.22. The minimum absolute atomic E-state index is 0.623. The van der Waals surface area contributed by atoms with Crippen molar-refractivity contribution in [3.05, 3.63) is 186 Å². The summed E-state index contributed by atoms with van der Waals surface area (Å²) < 4.78 is 4.73. The molecule has 0 aliphatic heterocycles. The van der Waals surface area contributed by atoms with Gasteiger partial charge in [0.25, 0.3) is 0 Å². The second-order valence-electron chi connectivity index (χ2n) is 15.2. The SMILES string of the molecule is Cc1cc(C)cc(-c2ccc3c(c2)c2ccccc2n3-c2cncc(-n3c4ccccc4c4cc(-c5cc(C)cc(C)c5)ccc43)c2-c2ccc(C#N)cc2)c1. The van der Waals surface area contributed by atoms with Crippen LogP contribution in [0.15, 0.2) is 158 Å². The van der Waals surface area contributed by atoms with Crippen molar-refractivity contribution < 1.29 is 0 Å². The van der Waals surface area contributed by atoms with Crippen molar-refractivity contribution >= 4 is 43.6 Å². The van der Waals surface area contributed by atoms with E-state index < -0.39 is 0 Å². The van der Waals surface area contributed by atoms with E-state index in [-0.39, 0.29) is 0 Å². The molecule has 3 heterocycles. The first-order valence-corrected chi connectivity index (χ1v) is 19.1. The molecule has 0 atom stereocenters. The number of rotatable bonds is 5. The maximum Gasteiger partial charge on any atom is 0.0991 e. The van der Waals surface area contributed by atoms with Crippen molar-refractivity contribution in [2.45, 2.75) is 27.7 Å². The fourth-order valence-corrected chi connectivity index (χ4v) is 8.89. The van der Waals surface area contributed by atoms with Crippen molar-refractivity contribution in [3.63, 3.8) is 0 Å². The summed E-state index contributed by atoms with van der Waals surface area (Å²) in [6.07, 6.45) is 3.99. The van der Waals surface area contributed by atoms with Crippen LogP contribution in [0.5, 0.6) is 0 Å². The summed E-state index contributed by atoms with van der Waals surface area (Å²) in [5.74, 6) is 0. The van der Waals surface area contributed by atoms with E-state index in [9.17, 15) is 5.26 Å². The molecule has 0 aliphatic rings. The van der Waals surface area contributed by atoms with Crippen LogP contribution in [0.3, 0.4) is 0 Å². The number of hydrogen-bond acceptors (Lipinski definition) is 2. The molecule has 3 aromatic heterocycles. The molecule has 0 radical (unpaired) electrons. The van der Waals surface area contributed by atoms with E-state index >= 15 is 0 Å². The molecule has 56 heavy (non-hydrogen) atoms. The third kappa shape index (κ3) is 5.40.